The predicted octanol–water partition coefficient (Wildman–Crippen LogP) is 3.81. The summed E-state index contributed by atoms with van der Waals surface area (Å²) in [4.78, 5) is 22.1. The number of aromatic nitrogens is 1. The van der Waals surface area contributed by atoms with Gasteiger partial charge < -0.3 is 14.4 Å². The van der Waals surface area contributed by atoms with E-state index in [-0.39, 0.29) is 11.3 Å². The molecule has 0 saturated carbocycles. The largest absolute Gasteiger partial charge is 0.493 e. The van der Waals surface area contributed by atoms with Crippen molar-refractivity contribution in [3.8, 4) is 11.5 Å². The van der Waals surface area contributed by atoms with Crippen LogP contribution in [0.25, 0.3) is 0 Å². The van der Waals surface area contributed by atoms with E-state index in [9.17, 15) is 4.79 Å². The topological polar surface area (TPSA) is 54.9 Å². The number of nitrogens with zero attached hydrogens (tertiary/aromatic N) is 3. The van der Waals surface area contributed by atoms with Crippen LogP contribution in [0, 0.1) is 0 Å². The van der Waals surface area contributed by atoms with E-state index in [4.69, 9.17) is 14.5 Å². The molecule has 1 aromatic heterocycles. The zero-order valence-electron chi connectivity index (χ0n) is 18.0. The minimum atomic E-state index is 0.0384. The summed E-state index contributed by atoms with van der Waals surface area (Å²) in [7, 11) is 3.18. The van der Waals surface area contributed by atoms with Crippen molar-refractivity contribution in [3.63, 3.8) is 0 Å². The Labute approximate surface area is 177 Å². The van der Waals surface area contributed by atoms with Crippen LogP contribution in [0.4, 0.5) is 0 Å². The van der Waals surface area contributed by atoms with Gasteiger partial charge in [-0.15, -0.1) is 11.3 Å². The number of hydrogen-bond donors (Lipinski definition) is 0. The van der Waals surface area contributed by atoms with Gasteiger partial charge in [-0.1, -0.05) is 20.8 Å². The van der Waals surface area contributed by atoms with Crippen LogP contribution in [0.15, 0.2) is 23.6 Å². The number of hydrogen-bond acceptors (Lipinski definition) is 6. The van der Waals surface area contributed by atoms with Gasteiger partial charge >= 0.3 is 0 Å². The number of rotatable bonds is 5. The normalized spacial score (nSPS) is 15.8. The van der Waals surface area contributed by atoms with Crippen molar-refractivity contribution in [2.24, 2.45) is 0 Å². The maximum absolute atomic E-state index is 13.0. The fourth-order valence-corrected chi connectivity index (χ4v) is 4.34. The Morgan fingerprint density at radius 2 is 1.86 bits per heavy atom. The van der Waals surface area contributed by atoms with E-state index >= 15 is 0 Å². The highest BCUT2D eigenvalue weighted by Gasteiger charge is 2.23. The molecule has 2 heterocycles. The molecular weight excluding hydrogens is 386 g/mol. The molecule has 1 saturated heterocycles. The first-order valence-corrected chi connectivity index (χ1v) is 10.9. The number of carbonyl (C=O) groups excluding carboxylic acids is 1. The van der Waals surface area contributed by atoms with Gasteiger partial charge in [-0.2, -0.15) is 0 Å². The first kappa shape index (κ1) is 21.6. The van der Waals surface area contributed by atoms with E-state index in [1.54, 1.807) is 43.8 Å². The molecule has 29 heavy (non-hydrogen) atoms. The Kier molecular flexibility index (Phi) is 6.80. The van der Waals surface area contributed by atoms with E-state index in [1.807, 2.05) is 4.90 Å². The molecule has 1 aliphatic heterocycles. The molecule has 2 aromatic rings. The van der Waals surface area contributed by atoms with Crippen molar-refractivity contribution in [2.45, 2.75) is 39.2 Å². The maximum atomic E-state index is 13.0. The molecular formula is C22H31N3O3S. The van der Waals surface area contributed by atoms with Crippen LogP contribution in [-0.4, -0.2) is 61.1 Å². The predicted molar refractivity (Wildman–Crippen MR) is 116 cm³/mol. The molecule has 0 N–H and O–H groups in total. The van der Waals surface area contributed by atoms with Gasteiger partial charge in [0.25, 0.3) is 5.91 Å². The smallest absolute Gasteiger partial charge is 0.254 e. The maximum Gasteiger partial charge on any atom is 0.254 e. The molecule has 7 heteroatoms. The third kappa shape index (κ3) is 5.28. The lowest BCUT2D eigenvalue weighted by Crippen LogP contribution is -2.35. The van der Waals surface area contributed by atoms with Crippen molar-refractivity contribution in [3.05, 3.63) is 39.8 Å². The second kappa shape index (κ2) is 9.13. The number of carbonyl (C=O) groups is 1. The molecule has 1 amide bonds. The van der Waals surface area contributed by atoms with Crippen LogP contribution in [0.1, 0.15) is 48.3 Å². The fourth-order valence-electron chi connectivity index (χ4n) is 3.44. The summed E-state index contributed by atoms with van der Waals surface area (Å²) in [5, 5.41) is 3.34. The zero-order valence-corrected chi connectivity index (χ0v) is 18.8. The monoisotopic (exact) mass is 417 g/mol. The first-order chi connectivity index (χ1) is 13.8. The third-order valence-corrected chi connectivity index (χ3v) is 6.40. The molecule has 0 bridgehead atoms. The summed E-state index contributed by atoms with van der Waals surface area (Å²) in [5.74, 6) is 1.24. The standard InChI is InChI=1S/C22H31N3O3S/c1-22(2,3)21-23-17(15-29-21)14-24-9-6-10-25(12-11-24)20(26)16-7-8-18(27-4)19(13-16)28-5/h7-8,13,15H,6,9-12,14H2,1-5H3. The second-order valence-electron chi connectivity index (χ2n) is 8.39. The minimum absolute atomic E-state index is 0.0384. The fraction of sp³-hybridized carbons (Fsp3) is 0.545. The van der Waals surface area contributed by atoms with E-state index in [1.165, 1.54) is 5.01 Å². The van der Waals surface area contributed by atoms with Crippen molar-refractivity contribution in [1.29, 1.82) is 0 Å². The lowest BCUT2D eigenvalue weighted by Gasteiger charge is -2.22. The van der Waals surface area contributed by atoms with E-state index in [0.29, 0.717) is 23.6 Å². The summed E-state index contributed by atoms with van der Waals surface area (Å²) >= 11 is 1.74. The van der Waals surface area contributed by atoms with Crippen molar-refractivity contribution in [1.82, 2.24) is 14.8 Å². The van der Waals surface area contributed by atoms with E-state index in [0.717, 1.165) is 38.3 Å². The summed E-state index contributed by atoms with van der Waals surface area (Å²) < 4.78 is 10.6. The molecule has 1 aliphatic rings. The lowest BCUT2D eigenvalue weighted by atomic mass is 9.98. The Morgan fingerprint density at radius 3 is 2.52 bits per heavy atom. The number of methoxy groups -OCH3 is 2. The van der Waals surface area contributed by atoms with Crippen molar-refractivity contribution >= 4 is 17.2 Å². The summed E-state index contributed by atoms with van der Waals surface area (Å²) in [5.41, 5.74) is 1.84. The van der Waals surface area contributed by atoms with Crippen molar-refractivity contribution < 1.29 is 14.3 Å². The Bertz CT molecular complexity index is 844. The van der Waals surface area contributed by atoms with Crippen molar-refractivity contribution in [2.75, 3.05) is 40.4 Å². The first-order valence-electron chi connectivity index (χ1n) is 10.0. The van der Waals surface area contributed by atoms with Crippen LogP contribution >= 0.6 is 11.3 Å². The van der Waals surface area contributed by atoms with E-state index < -0.39 is 0 Å². The molecule has 158 valence electrons. The Morgan fingerprint density at radius 1 is 1.10 bits per heavy atom. The zero-order chi connectivity index (χ0) is 21.0. The molecule has 6 nitrogen and oxygen atoms in total. The van der Waals surface area contributed by atoms with Gasteiger partial charge in [0, 0.05) is 49.1 Å². The van der Waals surface area contributed by atoms with Crippen LogP contribution in [0.5, 0.6) is 11.5 Å². The van der Waals surface area contributed by atoms with Gasteiger partial charge in [-0.3, -0.25) is 9.69 Å². The quantitative estimate of drug-likeness (QED) is 0.741. The van der Waals surface area contributed by atoms with Gasteiger partial charge in [0.2, 0.25) is 0 Å². The molecule has 0 radical (unpaired) electrons. The highest BCUT2D eigenvalue weighted by molar-refractivity contribution is 7.09. The number of benzene rings is 1. The number of ether oxygens (including phenoxy) is 2. The molecule has 0 atom stereocenters. The van der Waals surface area contributed by atoms with Gasteiger partial charge in [-0.05, 0) is 24.6 Å². The minimum Gasteiger partial charge on any atom is -0.493 e. The average Bonchev–Trinajstić information content (AvgIpc) is 3.06. The highest BCUT2D eigenvalue weighted by Crippen LogP contribution is 2.28. The summed E-state index contributed by atoms with van der Waals surface area (Å²) in [6, 6.07) is 5.34. The van der Waals surface area contributed by atoms with Crippen LogP contribution in [0.2, 0.25) is 0 Å². The Hall–Kier alpha value is -2.12. The van der Waals surface area contributed by atoms with Gasteiger partial charge in [0.05, 0.1) is 24.9 Å². The number of amides is 1. The molecule has 1 aromatic carbocycles. The van der Waals surface area contributed by atoms with Gasteiger partial charge in [0.15, 0.2) is 11.5 Å². The molecule has 0 spiro atoms. The van der Waals surface area contributed by atoms with Gasteiger partial charge in [-0.25, -0.2) is 4.98 Å². The van der Waals surface area contributed by atoms with Crippen LogP contribution < -0.4 is 9.47 Å². The van der Waals surface area contributed by atoms with Gasteiger partial charge in [0.1, 0.15) is 0 Å². The summed E-state index contributed by atoms with van der Waals surface area (Å²) in [6.07, 6.45) is 0.954. The lowest BCUT2D eigenvalue weighted by molar-refractivity contribution is 0.0760. The highest BCUT2D eigenvalue weighted by atomic mass is 32.1. The Balaban J connectivity index is 1.62. The molecule has 0 aliphatic carbocycles. The molecule has 0 unspecified atom stereocenters. The third-order valence-electron chi connectivity index (χ3n) is 5.09. The van der Waals surface area contributed by atoms with Crippen LogP contribution in [0.3, 0.4) is 0 Å². The van der Waals surface area contributed by atoms with Crippen LogP contribution in [-0.2, 0) is 12.0 Å². The SMILES string of the molecule is COc1ccc(C(=O)N2CCCN(Cc3csc(C(C)(C)C)n3)CC2)cc1OC. The van der Waals surface area contributed by atoms with E-state index in [2.05, 4.69) is 31.1 Å². The second-order valence-corrected chi connectivity index (χ2v) is 9.24. The molecule has 1 fully saturated rings. The summed E-state index contributed by atoms with van der Waals surface area (Å²) in [6.45, 7) is 10.7. The molecule has 3 rings (SSSR count). The number of thiazole rings is 1. The average molecular weight is 418 g/mol.